The van der Waals surface area contributed by atoms with Crippen LogP contribution in [0.4, 0.5) is 0 Å². The van der Waals surface area contributed by atoms with Crippen molar-refractivity contribution in [3.05, 3.63) is 108 Å². The van der Waals surface area contributed by atoms with Gasteiger partial charge < -0.3 is 9.47 Å². The topological polar surface area (TPSA) is 77.0 Å². The highest BCUT2D eigenvalue weighted by molar-refractivity contribution is 5.92. The molecular formula is C30H28N2O4. The first-order chi connectivity index (χ1) is 17.6. The maximum Gasteiger partial charge on any atom is 0.343 e. The number of fused-ring (bicyclic) bond motifs is 1. The molecule has 0 saturated carbocycles. The van der Waals surface area contributed by atoms with E-state index in [9.17, 15) is 9.59 Å². The van der Waals surface area contributed by atoms with Crippen LogP contribution < -0.4 is 14.9 Å². The zero-order chi connectivity index (χ0) is 25.2. The molecule has 182 valence electrons. The standard InChI is InChI=1S/C30H28N2O4/c1-2-3-19-35-26-17-13-24(14-18-26)30(34)36-27-15-11-22(12-16-27)21-31-32-29(33)20-25-9-6-8-23-7-4-5-10-28(23)25/h4-18,21H,2-3,19-20H2,1H3,(H,32,33)/b31-21-. The highest BCUT2D eigenvalue weighted by atomic mass is 16.5. The molecule has 0 heterocycles. The predicted molar refractivity (Wildman–Crippen MR) is 142 cm³/mol. The molecule has 0 aliphatic carbocycles. The maximum atomic E-state index is 12.4. The van der Waals surface area contributed by atoms with Crippen LogP contribution in [0, 0.1) is 0 Å². The van der Waals surface area contributed by atoms with Crippen LogP contribution in [-0.4, -0.2) is 24.7 Å². The fourth-order valence-electron chi connectivity index (χ4n) is 3.65. The van der Waals surface area contributed by atoms with Crippen molar-refractivity contribution in [2.75, 3.05) is 6.61 Å². The fraction of sp³-hybridized carbons (Fsp3) is 0.167. The van der Waals surface area contributed by atoms with Gasteiger partial charge in [-0.05, 0) is 76.9 Å². The number of rotatable bonds is 10. The summed E-state index contributed by atoms with van der Waals surface area (Å²) in [6.45, 7) is 2.76. The molecule has 6 heteroatoms. The number of unbranched alkanes of at least 4 members (excludes halogenated alkanes) is 1. The molecule has 0 aromatic heterocycles. The summed E-state index contributed by atoms with van der Waals surface area (Å²) in [6, 6.07) is 27.7. The van der Waals surface area contributed by atoms with Crippen molar-refractivity contribution in [1.82, 2.24) is 5.43 Å². The van der Waals surface area contributed by atoms with Crippen molar-refractivity contribution in [3.63, 3.8) is 0 Å². The Morgan fingerprint density at radius 2 is 1.58 bits per heavy atom. The normalized spacial score (nSPS) is 10.9. The lowest BCUT2D eigenvalue weighted by atomic mass is 10.0. The molecular weight excluding hydrogens is 452 g/mol. The molecule has 0 aliphatic rings. The summed E-state index contributed by atoms with van der Waals surface area (Å²) >= 11 is 0. The minimum Gasteiger partial charge on any atom is -0.494 e. The van der Waals surface area contributed by atoms with Crippen LogP contribution in [0.3, 0.4) is 0 Å². The van der Waals surface area contributed by atoms with Crippen LogP contribution in [0.5, 0.6) is 11.5 Å². The molecule has 0 spiro atoms. The Kier molecular flexibility index (Phi) is 8.44. The largest absolute Gasteiger partial charge is 0.494 e. The van der Waals surface area contributed by atoms with Crippen LogP contribution in [0.2, 0.25) is 0 Å². The van der Waals surface area contributed by atoms with Gasteiger partial charge in [-0.2, -0.15) is 5.10 Å². The Bertz CT molecular complexity index is 1340. The summed E-state index contributed by atoms with van der Waals surface area (Å²) < 4.78 is 11.1. The number of nitrogens with one attached hydrogen (secondary N) is 1. The lowest BCUT2D eigenvalue weighted by molar-refractivity contribution is -0.120. The first-order valence-corrected chi connectivity index (χ1v) is 12.0. The Hall–Kier alpha value is -4.45. The zero-order valence-corrected chi connectivity index (χ0v) is 20.1. The van der Waals surface area contributed by atoms with Gasteiger partial charge in [0.1, 0.15) is 11.5 Å². The van der Waals surface area contributed by atoms with Gasteiger partial charge in [-0.3, -0.25) is 4.79 Å². The second kappa shape index (κ2) is 12.3. The van der Waals surface area contributed by atoms with Crippen LogP contribution in [0.15, 0.2) is 96.1 Å². The molecule has 4 aromatic rings. The van der Waals surface area contributed by atoms with Crippen LogP contribution >= 0.6 is 0 Å². The molecule has 0 atom stereocenters. The predicted octanol–water partition coefficient (Wildman–Crippen LogP) is 5.93. The van der Waals surface area contributed by atoms with E-state index in [2.05, 4.69) is 17.5 Å². The SMILES string of the molecule is CCCCOc1ccc(C(=O)Oc2ccc(/C=N\NC(=O)Cc3cccc4ccccc34)cc2)cc1. The first-order valence-electron chi connectivity index (χ1n) is 12.0. The Balaban J connectivity index is 1.27. The van der Waals surface area contributed by atoms with E-state index in [1.54, 1.807) is 54.7 Å². The van der Waals surface area contributed by atoms with E-state index in [-0.39, 0.29) is 12.3 Å². The van der Waals surface area contributed by atoms with E-state index >= 15 is 0 Å². The van der Waals surface area contributed by atoms with Crippen LogP contribution in [0.1, 0.15) is 41.3 Å². The lowest BCUT2D eigenvalue weighted by Crippen LogP contribution is -2.19. The number of carbonyl (C=O) groups is 2. The van der Waals surface area contributed by atoms with Crippen molar-refractivity contribution >= 4 is 28.9 Å². The van der Waals surface area contributed by atoms with Crippen molar-refractivity contribution in [2.45, 2.75) is 26.2 Å². The molecule has 6 nitrogen and oxygen atoms in total. The van der Waals surface area contributed by atoms with Crippen molar-refractivity contribution < 1.29 is 19.1 Å². The molecule has 4 aromatic carbocycles. The highest BCUT2D eigenvalue weighted by Gasteiger charge is 2.09. The van der Waals surface area contributed by atoms with Crippen LogP contribution in [0.25, 0.3) is 10.8 Å². The molecule has 36 heavy (non-hydrogen) atoms. The van der Waals surface area contributed by atoms with E-state index in [1.165, 1.54) is 0 Å². The molecule has 0 fully saturated rings. The number of amides is 1. The average molecular weight is 481 g/mol. The number of ether oxygens (including phenoxy) is 2. The number of carbonyl (C=O) groups excluding carboxylic acids is 2. The third-order valence-electron chi connectivity index (χ3n) is 5.58. The third kappa shape index (κ3) is 6.79. The molecule has 4 rings (SSSR count). The molecule has 0 bridgehead atoms. The molecule has 0 radical (unpaired) electrons. The number of hydrogen-bond donors (Lipinski definition) is 1. The molecule has 1 N–H and O–H groups in total. The van der Waals surface area contributed by atoms with Gasteiger partial charge in [0.15, 0.2) is 0 Å². The van der Waals surface area contributed by atoms with Gasteiger partial charge in [-0.25, -0.2) is 10.2 Å². The summed E-state index contributed by atoms with van der Waals surface area (Å²) in [5.74, 6) is 0.500. The van der Waals surface area contributed by atoms with Gasteiger partial charge in [0.25, 0.3) is 0 Å². The minimum absolute atomic E-state index is 0.199. The molecule has 1 amide bonds. The Labute approximate surface area is 210 Å². The van der Waals surface area contributed by atoms with E-state index in [0.717, 1.165) is 40.5 Å². The Morgan fingerprint density at radius 1 is 0.861 bits per heavy atom. The fourth-order valence-corrected chi connectivity index (χ4v) is 3.65. The smallest absolute Gasteiger partial charge is 0.343 e. The van der Waals surface area contributed by atoms with Gasteiger partial charge in [0.05, 0.1) is 24.8 Å². The van der Waals surface area contributed by atoms with Crippen LogP contribution in [-0.2, 0) is 11.2 Å². The number of nitrogens with zero attached hydrogens (tertiary/aromatic N) is 1. The number of hydrogen-bond acceptors (Lipinski definition) is 5. The van der Waals surface area contributed by atoms with Gasteiger partial charge in [-0.1, -0.05) is 55.8 Å². The summed E-state index contributed by atoms with van der Waals surface area (Å²) in [4.78, 5) is 24.8. The zero-order valence-electron chi connectivity index (χ0n) is 20.1. The Morgan fingerprint density at radius 3 is 2.36 bits per heavy atom. The molecule has 0 unspecified atom stereocenters. The monoisotopic (exact) mass is 480 g/mol. The first kappa shape index (κ1) is 24.7. The van der Waals surface area contributed by atoms with E-state index in [4.69, 9.17) is 9.47 Å². The van der Waals surface area contributed by atoms with E-state index in [1.807, 2.05) is 42.5 Å². The summed E-state index contributed by atoms with van der Waals surface area (Å²) in [5.41, 5.74) is 4.72. The summed E-state index contributed by atoms with van der Waals surface area (Å²) in [5, 5.41) is 6.20. The number of hydrazone groups is 1. The van der Waals surface area contributed by atoms with E-state index in [0.29, 0.717) is 17.9 Å². The van der Waals surface area contributed by atoms with Gasteiger partial charge in [-0.15, -0.1) is 0 Å². The highest BCUT2D eigenvalue weighted by Crippen LogP contribution is 2.19. The van der Waals surface area contributed by atoms with Crippen molar-refractivity contribution in [1.29, 1.82) is 0 Å². The van der Waals surface area contributed by atoms with Gasteiger partial charge >= 0.3 is 5.97 Å². The maximum absolute atomic E-state index is 12.4. The van der Waals surface area contributed by atoms with Gasteiger partial charge in [0.2, 0.25) is 5.91 Å². The molecule has 0 aliphatic heterocycles. The second-order valence-electron chi connectivity index (χ2n) is 8.29. The minimum atomic E-state index is -0.447. The van der Waals surface area contributed by atoms with Crippen molar-refractivity contribution in [2.24, 2.45) is 5.10 Å². The van der Waals surface area contributed by atoms with E-state index < -0.39 is 5.97 Å². The molecule has 0 saturated heterocycles. The number of esters is 1. The average Bonchev–Trinajstić information content (AvgIpc) is 2.90. The second-order valence-corrected chi connectivity index (χ2v) is 8.29. The van der Waals surface area contributed by atoms with Gasteiger partial charge in [0, 0.05) is 0 Å². The summed E-state index contributed by atoms with van der Waals surface area (Å²) in [6.07, 6.45) is 3.83. The summed E-state index contributed by atoms with van der Waals surface area (Å²) in [7, 11) is 0. The number of benzene rings is 4. The lowest BCUT2D eigenvalue weighted by Gasteiger charge is -2.07. The van der Waals surface area contributed by atoms with Crippen molar-refractivity contribution in [3.8, 4) is 11.5 Å². The third-order valence-corrected chi connectivity index (χ3v) is 5.58. The quantitative estimate of drug-likeness (QED) is 0.100.